The lowest BCUT2D eigenvalue weighted by Gasteiger charge is -2.22. The Morgan fingerprint density at radius 1 is 1.48 bits per heavy atom. The molecule has 1 aliphatic rings. The molecule has 0 radical (unpaired) electrons. The lowest BCUT2D eigenvalue weighted by Crippen LogP contribution is -2.48. The Kier molecular flexibility index (Phi) is 5.56. The number of carbonyl (C=O) groups excluding carboxylic acids is 1. The number of hydrogen-bond donors (Lipinski definition) is 4. The summed E-state index contributed by atoms with van der Waals surface area (Å²) in [6, 6.07) is -1.45. The zero-order valence-corrected chi connectivity index (χ0v) is 11.7. The van der Waals surface area contributed by atoms with Gasteiger partial charge in [-0.3, -0.25) is 0 Å². The molecule has 2 amide bonds. The average molecular weight is 296 g/mol. The van der Waals surface area contributed by atoms with Crippen molar-refractivity contribution in [1.82, 2.24) is 20.6 Å². The molecule has 8 nitrogen and oxygen atoms in total. The largest absolute Gasteiger partial charge is 0.480 e. The van der Waals surface area contributed by atoms with Gasteiger partial charge in [0, 0.05) is 38.1 Å². The second kappa shape index (κ2) is 7.63. The third-order valence-electron chi connectivity index (χ3n) is 3.47. The van der Waals surface area contributed by atoms with Crippen molar-refractivity contribution in [2.45, 2.75) is 25.3 Å². The van der Waals surface area contributed by atoms with Crippen LogP contribution in [-0.2, 0) is 16.0 Å². The zero-order chi connectivity index (χ0) is 15.1. The quantitative estimate of drug-likeness (QED) is 0.595. The Labute approximate surface area is 122 Å². The summed E-state index contributed by atoms with van der Waals surface area (Å²) in [6.45, 7) is 1.96. The molecule has 2 rings (SSSR count). The monoisotopic (exact) mass is 296 g/mol. The van der Waals surface area contributed by atoms with Crippen LogP contribution in [0.1, 0.15) is 18.5 Å². The average Bonchev–Trinajstić information content (AvgIpc) is 2.98. The van der Waals surface area contributed by atoms with Gasteiger partial charge in [-0.2, -0.15) is 0 Å². The Morgan fingerprint density at radius 3 is 2.86 bits per heavy atom. The van der Waals surface area contributed by atoms with Crippen LogP contribution in [0.3, 0.4) is 0 Å². The number of hydrogen-bond acceptors (Lipinski definition) is 4. The maximum atomic E-state index is 11.8. The third kappa shape index (κ3) is 5.07. The summed E-state index contributed by atoms with van der Waals surface area (Å²) in [4.78, 5) is 29.6. The van der Waals surface area contributed by atoms with Gasteiger partial charge in [0.1, 0.15) is 6.04 Å². The summed E-state index contributed by atoms with van der Waals surface area (Å²) in [5, 5.41) is 14.3. The molecule has 0 aliphatic carbocycles. The summed E-state index contributed by atoms with van der Waals surface area (Å²) < 4.78 is 5.25. The SMILES string of the molecule is O=C(NCC1CCOCC1)NC(Cc1cnc[nH]1)C(=O)O. The number of amides is 2. The number of aliphatic carboxylic acids is 1. The fraction of sp³-hybridized carbons (Fsp3) is 0.615. The van der Waals surface area contributed by atoms with E-state index in [-0.39, 0.29) is 6.42 Å². The van der Waals surface area contributed by atoms with Gasteiger partial charge in [-0.05, 0) is 18.8 Å². The van der Waals surface area contributed by atoms with Gasteiger partial charge >= 0.3 is 12.0 Å². The van der Waals surface area contributed by atoms with Crippen LogP contribution in [0, 0.1) is 5.92 Å². The highest BCUT2D eigenvalue weighted by Crippen LogP contribution is 2.13. The minimum absolute atomic E-state index is 0.167. The van der Waals surface area contributed by atoms with Crippen LogP contribution < -0.4 is 10.6 Å². The van der Waals surface area contributed by atoms with E-state index in [1.807, 2.05) is 0 Å². The minimum Gasteiger partial charge on any atom is -0.480 e. The summed E-state index contributed by atoms with van der Waals surface area (Å²) in [5.41, 5.74) is 0.659. The van der Waals surface area contributed by atoms with E-state index in [0.717, 1.165) is 12.8 Å². The normalized spacial score (nSPS) is 17.1. The first-order valence-corrected chi connectivity index (χ1v) is 6.97. The molecule has 0 saturated carbocycles. The number of rotatable bonds is 6. The molecule has 1 unspecified atom stereocenters. The number of carboxylic acids is 1. The number of carbonyl (C=O) groups is 2. The van der Waals surface area contributed by atoms with E-state index < -0.39 is 18.0 Å². The van der Waals surface area contributed by atoms with Gasteiger partial charge in [0.05, 0.1) is 6.33 Å². The maximum absolute atomic E-state index is 11.8. The minimum atomic E-state index is -1.08. The van der Waals surface area contributed by atoms with Crippen molar-refractivity contribution < 1.29 is 19.4 Å². The maximum Gasteiger partial charge on any atom is 0.326 e. The number of urea groups is 1. The van der Waals surface area contributed by atoms with Crippen molar-refractivity contribution in [1.29, 1.82) is 0 Å². The second-order valence-corrected chi connectivity index (χ2v) is 5.08. The zero-order valence-electron chi connectivity index (χ0n) is 11.7. The Hall–Kier alpha value is -2.09. The third-order valence-corrected chi connectivity index (χ3v) is 3.47. The van der Waals surface area contributed by atoms with Gasteiger partial charge in [0.25, 0.3) is 0 Å². The molecule has 21 heavy (non-hydrogen) atoms. The van der Waals surface area contributed by atoms with Crippen LogP contribution in [0.25, 0.3) is 0 Å². The van der Waals surface area contributed by atoms with E-state index in [1.54, 1.807) is 0 Å². The first kappa shape index (κ1) is 15.3. The topological polar surface area (TPSA) is 116 Å². The molecule has 2 heterocycles. The molecule has 1 fully saturated rings. The van der Waals surface area contributed by atoms with E-state index in [9.17, 15) is 9.59 Å². The molecule has 116 valence electrons. The first-order chi connectivity index (χ1) is 10.1. The fourth-order valence-corrected chi connectivity index (χ4v) is 2.21. The van der Waals surface area contributed by atoms with E-state index in [2.05, 4.69) is 20.6 Å². The summed E-state index contributed by atoms with van der Waals surface area (Å²) in [5.74, 6) is -0.689. The fourth-order valence-electron chi connectivity index (χ4n) is 2.21. The number of H-pyrrole nitrogens is 1. The molecule has 4 N–H and O–H groups in total. The van der Waals surface area contributed by atoms with Crippen LogP contribution in [-0.4, -0.2) is 52.9 Å². The molecule has 0 aromatic carbocycles. The van der Waals surface area contributed by atoms with Crippen molar-refractivity contribution in [3.63, 3.8) is 0 Å². The van der Waals surface area contributed by atoms with Gasteiger partial charge in [-0.15, -0.1) is 0 Å². The van der Waals surface area contributed by atoms with Crippen molar-refractivity contribution >= 4 is 12.0 Å². The molecule has 1 aliphatic heterocycles. The van der Waals surface area contributed by atoms with Crippen LogP contribution in [0.4, 0.5) is 4.79 Å². The van der Waals surface area contributed by atoms with E-state index in [4.69, 9.17) is 9.84 Å². The lowest BCUT2D eigenvalue weighted by molar-refractivity contribution is -0.139. The van der Waals surface area contributed by atoms with Crippen molar-refractivity contribution in [3.8, 4) is 0 Å². The van der Waals surface area contributed by atoms with Crippen LogP contribution in [0.2, 0.25) is 0 Å². The number of imidazole rings is 1. The predicted octanol–water partition coefficient (Wildman–Crippen LogP) is 0.131. The Balaban J connectivity index is 1.76. The number of nitrogens with zero attached hydrogens (tertiary/aromatic N) is 1. The van der Waals surface area contributed by atoms with Gasteiger partial charge in [-0.1, -0.05) is 0 Å². The van der Waals surface area contributed by atoms with Crippen LogP contribution in [0.15, 0.2) is 12.5 Å². The predicted molar refractivity (Wildman–Crippen MR) is 73.8 cm³/mol. The van der Waals surface area contributed by atoms with Gasteiger partial charge < -0.3 is 25.5 Å². The highest BCUT2D eigenvalue weighted by molar-refractivity contribution is 5.82. The molecule has 0 spiro atoms. The summed E-state index contributed by atoms with van der Waals surface area (Å²) >= 11 is 0. The van der Waals surface area contributed by atoms with E-state index in [0.29, 0.717) is 31.4 Å². The Morgan fingerprint density at radius 2 is 2.24 bits per heavy atom. The molecular formula is C13H20N4O4. The van der Waals surface area contributed by atoms with Crippen molar-refractivity contribution in [3.05, 3.63) is 18.2 Å². The Bertz CT molecular complexity index is 457. The smallest absolute Gasteiger partial charge is 0.326 e. The van der Waals surface area contributed by atoms with Gasteiger partial charge in [0.2, 0.25) is 0 Å². The van der Waals surface area contributed by atoms with Gasteiger partial charge in [-0.25, -0.2) is 14.6 Å². The molecule has 1 atom stereocenters. The summed E-state index contributed by atoms with van der Waals surface area (Å²) in [6.07, 6.45) is 5.00. The number of carboxylic acid groups (broad SMARTS) is 1. The number of ether oxygens (including phenoxy) is 1. The summed E-state index contributed by atoms with van der Waals surface area (Å²) in [7, 11) is 0. The van der Waals surface area contributed by atoms with Crippen molar-refractivity contribution in [2.24, 2.45) is 5.92 Å². The first-order valence-electron chi connectivity index (χ1n) is 6.97. The molecule has 8 heteroatoms. The lowest BCUT2D eigenvalue weighted by atomic mass is 10.0. The molecule has 0 bridgehead atoms. The number of aromatic amines is 1. The number of aromatic nitrogens is 2. The standard InChI is InChI=1S/C13H20N4O4/c18-12(19)11(5-10-7-14-8-16-10)17-13(20)15-6-9-1-3-21-4-2-9/h7-9,11H,1-6H2,(H,14,16)(H,18,19)(H2,15,17,20). The van der Waals surface area contributed by atoms with Crippen LogP contribution >= 0.6 is 0 Å². The molecule has 1 saturated heterocycles. The van der Waals surface area contributed by atoms with Crippen molar-refractivity contribution in [2.75, 3.05) is 19.8 Å². The highest BCUT2D eigenvalue weighted by Gasteiger charge is 2.21. The second-order valence-electron chi connectivity index (χ2n) is 5.08. The van der Waals surface area contributed by atoms with Gasteiger partial charge in [0.15, 0.2) is 0 Å². The highest BCUT2D eigenvalue weighted by atomic mass is 16.5. The molecule has 1 aromatic rings. The van der Waals surface area contributed by atoms with E-state index >= 15 is 0 Å². The van der Waals surface area contributed by atoms with Crippen LogP contribution in [0.5, 0.6) is 0 Å². The molecule has 1 aromatic heterocycles. The number of nitrogens with one attached hydrogen (secondary N) is 3. The molecular weight excluding hydrogens is 276 g/mol. The van der Waals surface area contributed by atoms with E-state index in [1.165, 1.54) is 12.5 Å².